The number of amides is 1. The third kappa shape index (κ3) is 1.97. The zero-order valence-corrected chi connectivity index (χ0v) is 12.4. The molecule has 4 heteroatoms. The summed E-state index contributed by atoms with van der Waals surface area (Å²) in [6.07, 6.45) is 2.44. The quantitative estimate of drug-likeness (QED) is 0.859. The molecule has 20 heavy (non-hydrogen) atoms. The Kier molecular flexibility index (Phi) is 3.23. The number of carbonyl (C=O) groups is 1. The number of nitrogens with one attached hydrogen (secondary N) is 1. The molecule has 1 N–H and O–H groups in total. The number of thioether (sulfide) groups is 1. The fourth-order valence-corrected chi connectivity index (χ4v) is 5.13. The second-order valence-corrected chi connectivity index (χ2v) is 7.12. The lowest BCUT2D eigenvalue weighted by atomic mass is 9.90. The normalized spacial score (nSPS) is 32.0. The molecule has 0 radical (unpaired) electrons. The molecule has 2 fully saturated rings. The number of hydrogen-bond donors (Lipinski definition) is 1. The van der Waals surface area contributed by atoms with E-state index in [0.717, 1.165) is 31.8 Å². The highest BCUT2D eigenvalue weighted by Gasteiger charge is 2.41. The van der Waals surface area contributed by atoms with Crippen molar-refractivity contribution in [3.8, 4) is 0 Å². The zero-order chi connectivity index (χ0) is 13.5. The Morgan fingerprint density at radius 1 is 1.30 bits per heavy atom. The molecule has 3 unspecified atom stereocenters. The first-order chi connectivity index (χ1) is 9.84. The summed E-state index contributed by atoms with van der Waals surface area (Å²) in [5.74, 6) is 2.04. The third-order valence-corrected chi connectivity index (χ3v) is 6.14. The van der Waals surface area contributed by atoms with E-state index in [2.05, 4.69) is 34.5 Å². The third-order valence-electron chi connectivity index (χ3n) is 4.96. The molecule has 3 aliphatic rings. The SMILES string of the molecule is O=C(C1CSc2ccccc21)N1CCCC2CNCC21. The second kappa shape index (κ2) is 5.08. The highest BCUT2D eigenvalue weighted by Crippen LogP contribution is 2.41. The van der Waals surface area contributed by atoms with Gasteiger partial charge in [0.25, 0.3) is 0 Å². The lowest BCUT2D eigenvalue weighted by molar-refractivity contribution is -0.136. The molecule has 3 aliphatic heterocycles. The number of piperidine rings is 1. The minimum atomic E-state index is 0.0792. The molecule has 1 aromatic carbocycles. The number of benzene rings is 1. The predicted octanol–water partition coefficient (Wildman–Crippen LogP) is 2.09. The van der Waals surface area contributed by atoms with Crippen LogP contribution in [0.5, 0.6) is 0 Å². The van der Waals surface area contributed by atoms with Gasteiger partial charge < -0.3 is 10.2 Å². The first kappa shape index (κ1) is 12.7. The molecule has 0 saturated carbocycles. The second-order valence-electron chi connectivity index (χ2n) is 6.06. The molecule has 3 nitrogen and oxygen atoms in total. The van der Waals surface area contributed by atoms with E-state index in [1.165, 1.54) is 16.9 Å². The maximum absolute atomic E-state index is 13.0. The van der Waals surface area contributed by atoms with Gasteiger partial charge in [0.15, 0.2) is 0 Å². The van der Waals surface area contributed by atoms with Gasteiger partial charge >= 0.3 is 0 Å². The van der Waals surface area contributed by atoms with Crippen molar-refractivity contribution in [2.24, 2.45) is 5.92 Å². The number of hydrogen-bond acceptors (Lipinski definition) is 3. The Labute approximate surface area is 124 Å². The lowest BCUT2D eigenvalue weighted by Gasteiger charge is -2.38. The molecule has 3 atom stereocenters. The summed E-state index contributed by atoms with van der Waals surface area (Å²) < 4.78 is 0. The van der Waals surface area contributed by atoms with Crippen molar-refractivity contribution in [2.75, 3.05) is 25.4 Å². The van der Waals surface area contributed by atoms with Crippen molar-refractivity contribution >= 4 is 17.7 Å². The van der Waals surface area contributed by atoms with Gasteiger partial charge in [-0.3, -0.25) is 4.79 Å². The zero-order valence-electron chi connectivity index (χ0n) is 11.5. The van der Waals surface area contributed by atoms with E-state index in [1.807, 2.05) is 11.8 Å². The van der Waals surface area contributed by atoms with Crippen molar-refractivity contribution in [2.45, 2.75) is 29.7 Å². The first-order valence-corrected chi connectivity index (χ1v) is 8.56. The number of likely N-dealkylation sites (tertiary alicyclic amines) is 1. The number of rotatable bonds is 1. The summed E-state index contributed by atoms with van der Waals surface area (Å²) in [6.45, 7) is 3.02. The van der Waals surface area contributed by atoms with Crippen LogP contribution in [-0.2, 0) is 4.79 Å². The van der Waals surface area contributed by atoms with Gasteiger partial charge in [-0.2, -0.15) is 0 Å². The van der Waals surface area contributed by atoms with Gasteiger partial charge in [0.05, 0.1) is 5.92 Å². The monoisotopic (exact) mass is 288 g/mol. The Bertz CT molecular complexity index is 533. The van der Waals surface area contributed by atoms with Gasteiger partial charge in [0.2, 0.25) is 5.91 Å². The van der Waals surface area contributed by atoms with E-state index in [-0.39, 0.29) is 5.92 Å². The van der Waals surface area contributed by atoms with E-state index in [1.54, 1.807) is 0 Å². The molecule has 0 bridgehead atoms. The van der Waals surface area contributed by atoms with Gasteiger partial charge in [0.1, 0.15) is 0 Å². The molecule has 2 saturated heterocycles. The molecule has 0 aliphatic carbocycles. The Morgan fingerprint density at radius 2 is 2.20 bits per heavy atom. The van der Waals surface area contributed by atoms with Crippen LogP contribution in [0.15, 0.2) is 29.2 Å². The molecular weight excluding hydrogens is 268 g/mol. The number of carbonyl (C=O) groups excluding carboxylic acids is 1. The van der Waals surface area contributed by atoms with Crippen LogP contribution in [0.1, 0.15) is 24.3 Å². The average Bonchev–Trinajstić information content (AvgIpc) is 3.12. The Balaban J connectivity index is 1.59. The van der Waals surface area contributed by atoms with Crippen LogP contribution in [0.25, 0.3) is 0 Å². The summed E-state index contributed by atoms with van der Waals surface area (Å²) in [5, 5.41) is 3.46. The van der Waals surface area contributed by atoms with E-state index in [9.17, 15) is 4.79 Å². The van der Waals surface area contributed by atoms with Crippen molar-refractivity contribution in [3.63, 3.8) is 0 Å². The number of fused-ring (bicyclic) bond motifs is 2. The van der Waals surface area contributed by atoms with Gasteiger partial charge in [-0.1, -0.05) is 18.2 Å². The van der Waals surface area contributed by atoms with Crippen LogP contribution in [0.2, 0.25) is 0 Å². The van der Waals surface area contributed by atoms with Crippen LogP contribution >= 0.6 is 11.8 Å². The average molecular weight is 288 g/mol. The van der Waals surface area contributed by atoms with Crippen LogP contribution < -0.4 is 5.32 Å². The standard InChI is InChI=1S/C16H20N2OS/c19-16(13-10-20-15-6-2-1-5-12(13)15)18-7-3-4-11-8-17-9-14(11)18/h1-2,5-6,11,13-14,17H,3-4,7-10H2. The molecule has 4 rings (SSSR count). The minimum absolute atomic E-state index is 0.0792. The van der Waals surface area contributed by atoms with Crippen LogP contribution in [0.4, 0.5) is 0 Å². The summed E-state index contributed by atoms with van der Waals surface area (Å²) >= 11 is 1.83. The molecule has 0 spiro atoms. The summed E-state index contributed by atoms with van der Waals surface area (Å²) in [5.41, 5.74) is 1.25. The van der Waals surface area contributed by atoms with Gasteiger partial charge in [-0.25, -0.2) is 0 Å². The minimum Gasteiger partial charge on any atom is -0.338 e. The molecule has 1 amide bonds. The van der Waals surface area contributed by atoms with Crippen molar-refractivity contribution in [1.29, 1.82) is 0 Å². The van der Waals surface area contributed by atoms with E-state index >= 15 is 0 Å². The molecule has 0 aromatic heterocycles. The van der Waals surface area contributed by atoms with E-state index in [0.29, 0.717) is 17.9 Å². The van der Waals surface area contributed by atoms with E-state index in [4.69, 9.17) is 0 Å². The summed E-state index contributed by atoms with van der Waals surface area (Å²) in [4.78, 5) is 16.5. The molecule has 106 valence electrons. The smallest absolute Gasteiger partial charge is 0.231 e. The van der Waals surface area contributed by atoms with Crippen LogP contribution in [-0.4, -0.2) is 42.2 Å². The molecule has 3 heterocycles. The molecule has 1 aromatic rings. The largest absolute Gasteiger partial charge is 0.338 e. The van der Waals surface area contributed by atoms with Gasteiger partial charge in [-0.05, 0) is 30.4 Å². The van der Waals surface area contributed by atoms with E-state index < -0.39 is 0 Å². The summed E-state index contributed by atoms with van der Waals surface area (Å²) in [7, 11) is 0. The van der Waals surface area contributed by atoms with Crippen LogP contribution in [0.3, 0.4) is 0 Å². The number of nitrogens with zero attached hydrogens (tertiary/aromatic N) is 1. The predicted molar refractivity (Wildman–Crippen MR) is 81.0 cm³/mol. The maximum Gasteiger partial charge on any atom is 0.231 e. The highest BCUT2D eigenvalue weighted by molar-refractivity contribution is 7.99. The highest BCUT2D eigenvalue weighted by atomic mass is 32.2. The summed E-state index contributed by atoms with van der Waals surface area (Å²) in [6, 6.07) is 8.84. The topological polar surface area (TPSA) is 32.3 Å². The fourth-order valence-electron chi connectivity index (χ4n) is 3.91. The lowest BCUT2D eigenvalue weighted by Crippen LogP contribution is -2.50. The van der Waals surface area contributed by atoms with Gasteiger partial charge in [-0.15, -0.1) is 11.8 Å². The fraction of sp³-hybridized carbons (Fsp3) is 0.562. The van der Waals surface area contributed by atoms with Crippen molar-refractivity contribution in [1.82, 2.24) is 10.2 Å². The van der Waals surface area contributed by atoms with Crippen molar-refractivity contribution in [3.05, 3.63) is 29.8 Å². The van der Waals surface area contributed by atoms with Crippen molar-refractivity contribution < 1.29 is 4.79 Å². The molecular formula is C16H20N2OS. The Morgan fingerprint density at radius 3 is 3.15 bits per heavy atom. The van der Waals surface area contributed by atoms with Gasteiger partial charge in [0, 0.05) is 36.3 Å². The maximum atomic E-state index is 13.0. The first-order valence-electron chi connectivity index (χ1n) is 7.57. The Hall–Kier alpha value is -1.00. The van der Waals surface area contributed by atoms with Crippen LogP contribution in [0, 0.1) is 5.92 Å².